The highest BCUT2D eigenvalue weighted by Crippen LogP contribution is 2.69. The Morgan fingerprint density at radius 3 is 2.31 bits per heavy atom. The van der Waals surface area contributed by atoms with Crippen molar-refractivity contribution in [1.29, 1.82) is 0 Å². The first-order valence-corrected chi connectivity index (χ1v) is 13.0. The van der Waals surface area contributed by atoms with Gasteiger partial charge in [-0.15, -0.1) is 0 Å². The zero-order valence-electron chi connectivity index (χ0n) is 20.9. The van der Waals surface area contributed by atoms with Crippen LogP contribution < -0.4 is 0 Å². The van der Waals surface area contributed by atoms with E-state index in [1.54, 1.807) is 0 Å². The van der Waals surface area contributed by atoms with Gasteiger partial charge in [0.1, 0.15) is 30.0 Å². The van der Waals surface area contributed by atoms with Crippen LogP contribution in [0, 0.1) is 28.6 Å². The van der Waals surface area contributed by atoms with Gasteiger partial charge in [0.2, 0.25) is 0 Å². The van der Waals surface area contributed by atoms with Crippen LogP contribution in [0.25, 0.3) is 0 Å². The second-order valence-electron chi connectivity index (χ2n) is 12.9. The van der Waals surface area contributed by atoms with Crippen LogP contribution in [0.4, 0.5) is 0 Å². The van der Waals surface area contributed by atoms with Crippen LogP contribution >= 0.6 is 0 Å². The molecule has 5 fully saturated rings. The Bertz CT molecular complexity index is 858. The molecule has 9 heteroatoms. The fraction of sp³-hybridized carbons (Fsp3) is 0.923. The maximum Gasteiger partial charge on any atom is 0.186 e. The van der Waals surface area contributed by atoms with E-state index in [1.807, 2.05) is 20.8 Å². The molecule has 1 aliphatic heterocycles. The first-order valence-electron chi connectivity index (χ1n) is 13.0. The first kappa shape index (κ1) is 26.0. The van der Waals surface area contributed by atoms with Crippen molar-refractivity contribution in [3.05, 3.63) is 12.2 Å². The summed E-state index contributed by atoms with van der Waals surface area (Å²) in [6.45, 7) is 9.42. The average Bonchev–Trinajstić information content (AvgIpc) is 3.08. The topological polar surface area (TPSA) is 160 Å². The first-order chi connectivity index (χ1) is 16.2. The highest BCUT2D eigenvalue weighted by molar-refractivity contribution is 5.30. The summed E-state index contributed by atoms with van der Waals surface area (Å²) in [5, 5.41) is 75.2. The van der Waals surface area contributed by atoms with Crippen LogP contribution in [-0.4, -0.2) is 96.5 Å². The van der Waals surface area contributed by atoms with Crippen LogP contribution in [0.1, 0.15) is 59.3 Å². The summed E-state index contributed by atoms with van der Waals surface area (Å²) < 4.78 is 11.7. The van der Waals surface area contributed by atoms with Crippen molar-refractivity contribution < 1.29 is 45.2 Å². The van der Waals surface area contributed by atoms with Gasteiger partial charge in [0, 0.05) is 11.3 Å². The molecule has 0 unspecified atom stereocenters. The van der Waals surface area contributed by atoms with Crippen molar-refractivity contribution in [3.8, 4) is 0 Å². The van der Waals surface area contributed by atoms with Crippen LogP contribution in [0.15, 0.2) is 12.2 Å². The van der Waals surface area contributed by atoms with E-state index in [0.29, 0.717) is 19.3 Å². The molecule has 5 rings (SSSR count). The number of ether oxygens (including phenoxy) is 2. The van der Waals surface area contributed by atoms with Gasteiger partial charge in [-0.1, -0.05) is 26.0 Å². The van der Waals surface area contributed by atoms with Crippen molar-refractivity contribution in [2.24, 2.45) is 28.6 Å². The Hall–Kier alpha value is -0.620. The van der Waals surface area contributed by atoms with Gasteiger partial charge in [-0.05, 0) is 62.7 Å². The molecule has 200 valence electrons. The van der Waals surface area contributed by atoms with E-state index in [1.165, 1.54) is 0 Å². The molecule has 2 bridgehead atoms. The molecular weight excluding hydrogens is 456 g/mol. The molecule has 1 saturated heterocycles. The molecule has 0 aromatic heterocycles. The number of aliphatic hydroxyl groups excluding tert-OH is 5. The predicted molar refractivity (Wildman–Crippen MR) is 124 cm³/mol. The second kappa shape index (κ2) is 8.19. The molecule has 4 aliphatic carbocycles. The van der Waals surface area contributed by atoms with Gasteiger partial charge in [-0.2, -0.15) is 0 Å². The summed E-state index contributed by atoms with van der Waals surface area (Å²) in [6, 6.07) is 0. The smallest absolute Gasteiger partial charge is 0.186 e. The molecule has 35 heavy (non-hydrogen) atoms. The monoisotopic (exact) mass is 498 g/mol. The van der Waals surface area contributed by atoms with E-state index in [0.717, 1.165) is 24.8 Å². The Balaban J connectivity index is 1.44. The van der Waals surface area contributed by atoms with E-state index in [2.05, 4.69) is 6.58 Å². The fourth-order valence-electron chi connectivity index (χ4n) is 8.71. The van der Waals surface area contributed by atoms with Gasteiger partial charge in [-0.3, -0.25) is 0 Å². The maximum absolute atomic E-state index is 12.2. The van der Waals surface area contributed by atoms with Gasteiger partial charge in [0.15, 0.2) is 6.29 Å². The van der Waals surface area contributed by atoms with E-state index < -0.39 is 72.1 Å². The molecule has 0 aromatic carbocycles. The lowest BCUT2D eigenvalue weighted by atomic mass is 9.63. The summed E-state index contributed by atoms with van der Waals surface area (Å²) in [5.41, 5.74) is -2.75. The highest BCUT2D eigenvalue weighted by Gasteiger charge is 2.70. The molecule has 5 aliphatic rings. The quantitative estimate of drug-likeness (QED) is 0.262. The highest BCUT2D eigenvalue weighted by atomic mass is 16.7. The Labute approximate surface area is 206 Å². The lowest BCUT2D eigenvalue weighted by Gasteiger charge is -2.47. The Morgan fingerprint density at radius 2 is 1.66 bits per heavy atom. The number of aliphatic hydroxyl groups is 7. The number of fused-ring (bicyclic) bond motifs is 2. The molecule has 13 atom stereocenters. The van der Waals surface area contributed by atoms with Gasteiger partial charge >= 0.3 is 0 Å². The molecule has 0 aromatic rings. The molecule has 9 nitrogen and oxygen atoms in total. The minimum absolute atomic E-state index is 0.0724. The molecule has 4 saturated carbocycles. The zero-order valence-corrected chi connectivity index (χ0v) is 20.9. The maximum atomic E-state index is 12.2. The van der Waals surface area contributed by atoms with Crippen LogP contribution in [-0.2, 0) is 9.47 Å². The summed E-state index contributed by atoms with van der Waals surface area (Å²) in [4.78, 5) is 0. The van der Waals surface area contributed by atoms with Gasteiger partial charge in [0.05, 0.1) is 24.4 Å². The van der Waals surface area contributed by atoms with E-state index in [-0.39, 0.29) is 17.3 Å². The Kier molecular flexibility index (Phi) is 6.08. The summed E-state index contributed by atoms with van der Waals surface area (Å²) in [6.07, 6.45) is -4.90. The second-order valence-corrected chi connectivity index (χ2v) is 12.9. The molecule has 1 heterocycles. The molecule has 0 radical (unpaired) electrons. The molecular formula is C26H42O9. The normalized spacial score (nSPS) is 57.5. The summed E-state index contributed by atoms with van der Waals surface area (Å²) in [5.74, 6) is -0.210. The van der Waals surface area contributed by atoms with E-state index >= 15 is 0 Å². The third-order valence-corrected chi connectivity index (χ3v) is 10.8. The van der Waals surface area contributed by atoms with Gasteiger partial charge in [0.25, 0.3) is 0 Å². The molecule has 0 amide bonds. The molecule has 7 N–H and O–H groups in total. The summed E-state index contributed by atoms with van der Waals surface area (Å²) in [7, 11) is 0. The van der Waals surface area contributed by atoms with Crippen molar-refractivity contribution in [2.75, 3.05) is 6.61 Å². The van der Waals surface area contributed by atoms with Crippen LogP contribution in [0.3, 0.4) is 0 Å². The zero-order chi connectivity index (χ0) is 25.7. The predicted octanol–water partition coefficient (Wildman–Crippen LogP) is -0.173. The SMILES string of the molecule is C=C1[C@H]2CC[C@@H]3C[C@@]2(C[C@@H](O)[C@@]2(O)[C@@H]1C[C@H](O[C@H]1O[C@@H](CO)[C@@H](O)[C@@H](O)[C@H]1O)C2(C)C)C[C@]3(C)O. The van der Waals surface area contributed by atoms with Crippen LogP contribution in [0.5, 0.6) is 0 Å². The van der Waals surface area contributed by atoms with Gasteiger partial charge < -0.3 is 45.2 Å². The van der Waals surface area contributed by atoms with Crippen molar-refractivity contribution >= 4 is 0 Å². The number of hydrogen-bond donors (Lipinski definition) is 7. The van der Waals surface area contributed by atoms with Crippen molar-refractivity contribution in [3.63, 3.8) is 0 Å². The lowest BCUT2D eigenvalue weighted by Crippen LogP contribution is -2.61. The van der Waals surface area contributed by atoms with Crippen LogP contribution in [0.2, 0.25) is 0 Å². The summed E-state index contributed by atoms with van der Waals surface area (Å²) >= 11 is 0. The molecule has 1 spiro atoms. The number of hydrogen-bond acceptors (Lipinski definition) is 9. The minimum Gasteiger partial charge on any atom is -0.394 e. The van der Waals surface area contributed by atoms with Crippen molar-refractivity contribution in [2.45, 2.75) is 113 Å². The third-order valence-electron chi connectivity index (χ3n) is 10.8. The minimum atomic E-state index is -1.56. The fourth-order valence-corrected chi connectivity index (χ4v) is 8.71. The Morgan fingerprint density at radius 1 is 0.971 bits per heavy atom. The largest absolute Gasteiger partial charge is 0.394 e. The number of rotatable bonds is 3. The lowest BCUT2D eigenvalue weighted by molar-refractivity contribution is -0.321. The standard InChI is InChI=1S/C26H42O9/c1-12-14-6-5-13-8-25(14,11-24(13,4)32)9-17(28)26(33)15(12)7-18(23(26,2)3)35-22-21(31)20(30)19(29)16(10-27)34-22/h13-22,27-33H,1,5-11H2,2-4H3/t13-,14-,15-,16+,17-,18+,19-,20-,21-,22-,24+,25-,26+/m1/s1. The average molecular weight is 499 g/mol. The van der Waals surface area contributed by atoms with Gasteiger partial charge in [-0.25, -0.2) is 0 Å². The van der Waals surface area contributed by atoms with Crippen molar-refractivity contribution in [1.82, 2.24) is 0 Å². The third kappa shape index (κ3) is 3.47. The van der Waals surface area contributed by atoms with E-state index in [4.69, 9.17) is 9.47 Å². The van der Waals surface area contributed by atoms with E-state index in [9.17, 15) is 35.7 Å².